The molecule has 0 saturated heterocycles. The maximum atomic E-state index is 11.8. The first-order chi connectivity index (χ1) is 10.1. The molecule has 1 aromatic rings. The van der Waals surface area contributed by atoms with Gasteiger partial charge in [-0.05, 0) is 36.9 Å². The number of carboxylic acid groups (broad SMARTS) is 1. The topological polar surface area (TPSA) is 105 Å². The van der Waals surface area contributed by atoms with Crippen LogP contribution >= 0.6 is 11.8 Å². The number of thioether (sulfide) groups is 1. The molecule has 0 atom stereocenters. The Morgan fingerprint density at radius 3 is 2.76 bits per heavy atom. The van der Waals surface area contributed by atoms with Crippen molar-refractivity contribution in [3.8, 4) is 0 Å². The van der Waals surface area contributed by atoms with Gasteiger partial charge in [-0.15, -0.1) is 5.10 Å². The number of nitrogens with zero attached hydrogens (tertiary/aromatic N) is 2. The maximum absolute atomic E-state index is 11.8. The van der Waals surface area contributed by atoms with Gasteiger partial charge in [0.2, 0.25) is 11.8 Å². The van der Waals surface area contributed by atoms with Crippen LogP contribution in [0.2, 0.25) is 0 Å². The van der Waals surface area contributed by atoms with Crippen molar-refractivity contribution in [2.24, 2.45) is 5.41 Å². The second-order valence-corrected chi connectivity index (χ2v) is 6.82. The third-order valence-corrected chi connectivity index (χ3v) is 5.02. The quantitative estimate of drug-likeness (QED) is 0.755. The van der Waals surface area contributed by atoms with E-state index in [-0.39, 0.29) is 29.5 Å². The Morgan fingerprint density at radius 2 is 2.14 bits per heavy atom. The lowest BCUT2D eigenvalue weighted by Crippen LogP contribution is -2.17. The van der Waals surface area contributed by atoms with Gasteiger partial charge in [0.1, 0.15) is 0 Å². The molecule has 2 aliphatic carbocycles. The van der Waals surface area contributed by atoms with Gasteiger partial charge in [-0.3, -0.25) is 14.9 Å². The SMILES string of the molecule is O=C(O)CC1(CSCC(=O)Nc2nnc(C3CC3)o2)CC1. The van der Waals surface area contributed by atoms with Crippen molar-refractivity contribution >= 4 is 29.7 Å². The lowest BCUT2D eigenvalue weighted by molar-refractivity contribution is -0.138. The highest BCUT2D eigenvalue weighted by molar-refractivity contribution is 8.00. The molecule has 2 fully saturated rings. The van der Waals surface area contributed by atoms with E-state index in [0.717, 1.165) is 25.7 Å². The van der Waals surface area contributed by atoms with E-state index in [9.17, 15) is 9.59 Å². The number of hydrogen-bond acceptors (Lipinski definition) is 6. The molecule has 114 valence electrons. The van der Waals surface area contributed by atoms with Gasteiger partial charge >= 0.3 is 12.0 Å². The number of amides is 1. The third-order valence-electron chi connectivity index (χ3n) is 3.74. The van der Waals surface area contributed by atoms with Crippen LogP contribution in [0.1, 0.15) is 43.9 Å². The third kappa shape index (κ3) is 3.96. The van der Waals surface area contributed by atoms with Crippen LogP contribution in [0.5, 0.6) is 0 Å². The standard InChI is InChI=1S/C13H17N3O4S/c17-9(6-21-7-13(3-4-13)5-10(18)19)14-12-16-15-11(20-12)8-1-2-8/h8H,1-7H2,(H,18,19)(H,14,16,17). The molecule has 0 aliphatic heterocycles. The van der Waals surface area contributed by atoms with Gasteiger partial charge in [-0.2, -0.15) is 11.8 Å². The van der Waals surface area contributed by atoms with Crippen molar-refractivity contribution in [2.75, 3.05) is 16.8 Å². The van der Waals surface area contributed by atoms with E-state index in [1.807, 2.05) is 0 Å². The molecule has 2 saturated carbocycles. The van der Waals surface area contributed by atoms with Gasteiger partial charge in [-0.25, -0.2) is 0 Å². The summed E-state index contributed by atoms with van der Waals surface area (Å²) in [5, 5.41) is 19.1. The Kier molecular flexibility index (Phi) is 3.88. The summed E-state index contributed by atoms with van der Waals surface area (Å²) in [6, 6.07) is 0.147. The second-order valence-electron chi connectivity index (χ2n) is 5.83. The van der Waals surface area contributed by atoms with Crippen molar-refractivity contribution < 1.29 is 19.1 Å². The summed E-state index contributed by atoms with van der Waals surface area (Å²) >= 11 is 1.45. The van der Waals surface area contributed by atoms with E-state index in [2.05, 4.69) is 15.5 Å². The second kappa shape index (κ2) is 5.67. The summed E-state index contributed by atoms with van der Waals surface area (Å²) in [6.07, 6.45) is 4.19. The smallest absolute Gasteiger partial charge is 0.322 e. The first-order valence-corrected chi connectivity index (χ1v) is 8.15. The number of rotatable bonds is 8. The van der Waals surface area contributed by atoms with Crippen molar-refractivity contribution in [3.05, 3.63) is 5.89 Å². The summed E-state index contributed by atoms with van der Waals surface area (Å²) in [6.45, 7) is 0. The Labute approximate surface area is 125 Å². The van der Waals surface area contributed by atoms with Crippen LogP contribution in [0.25, 0.3) is 0 Å². The summed E-state index contributed by atoms with van der Waals surface area (Å²) in [5.74, 6) is 0.958. The summed E-state index contributed by atoms with van der Waals surface area (Å²) in [4.78, 5) is 22.5. The first kappa shape index (κ1) is 14.4. The van der Waals surface area contributed by atoms with E-state index in [0.29, 0.717) is 17.6 Å². The van der Waals surface area contributed by atoms with Crippen LogP contribution in [0.3, 0.4) is 0 Å². The summed E-state index contributed by atoms with van der Waals surface area (Å²) < 4.78 is 5.35. The summed E-state index contributed by atoms with van der Waals surface area (Å²) in [7, 11) is 0. The van der Waals surface area contributed by atoms with Crippen molar-refractivity contribution in [1.82, 2.24) is 10.2 Å². The summed E-state index contributed by atoms with van der Waals surface area (Å²) in [5.41, 5.74) is -0.0968. The van der Waals surface area contributed by atoms with Crippen molar-refractivity contribution in [2.45, 2.75) is 38.0 Å². The van der Waals surface area contributed by atoms with Crippen LogP contribution in [-0.4, -0.2) is 38.7 Å². The zero-order valence-electron chi connectivity index (χ0n) is 11.5. The highest BCUT2D eigenvalue weighted by Gasteiger charge is 2.44. The fourth-order valence-electron chi connectivity index (χ4n) is 2.17. The van der Waals surface area contributed by atoms with Crippen molar-refractivity contribution in [3.63, 3.8) is 0 Å². The molecule has 21 heavy (non-hydrogen) atoms. The molecule has 1 amide bonds. The Balaban J connectivity index is 1.39. The highest BCUT2D eigenvalue weighted by Crippen LogP contribution is 2.51. The fourth-order valence-corrected chi connectivity index (χ4v) is 3.35. The van der Waals surface area contributed by atoms with Gasteiger partial charge in [-0.1, -0.05) is 5.10 Å². The van der Waals surface area contributed by atoms with Crippen LogP contribution in [0, 0.1) is 5.41 Å². The molecular formula is C13H17N3O4S. The predicted molar refractivity (Wildman–Crippen MR) is 76.1 cm³/mol. The molecule has 1 heterocycles. The van der Waals surface area contributed by atoms with E-state index < -0.39 is 5.97 Å². The minimum absolute atomic E-state index is 0.0968. The number of nitrogens with one attached hydrogen (secondary N) is 1. The molecule has 7 nitrogen and oxygen atoms in total. The van der Waals surface area contributed by atoms with E-state index in [1.165, 1.54) is 11.8 Å². The molecular weight excluding hydrogens is 294 g/mol. The molecule has 0 radical (unpaired) electrons. The monoisotopic (exact) mass is 311 g/mol. The maximum Gasteiger partial charge on any atom is 0.322 e. The van der Waals surface area contributed by atoms with Gasteiger partial charge in [0.25, 0.3) is 0 Å². The van der Waals surface area contributed by atoms with Crippen LogP contribution in [0.4, 0.5) is 6.01 Å². The van der Waals surface area contributed by atoms with Gasteiger partial charge in [0.15, 0.2) is 0 Å². The van der Waals surface area contributed by atoms with E-state index >= 15 is 0 Å². The Bertz CT molecular complexity index is 551. The molecule has 2 aliphatic rings. The zero-order chi connectivity index (χ0) is 14.9. The van der Waals surface area contributed by atoms with E-state index in [4.69, 9.17) is 9.52 Å². The van der Waals surface area contributed by atoms with Crippen molar-refractivity contribution in [1.29, 1.82) is 0 Å². The number of aliphatic carboxylic acids is 1. The highest BCUT2D eigenvalue weighted by atomic mass is 32.2. The fraction of sp³-hybridized carbons (Fsp3) is 0.692. The number of carbonyl (C=O) groups excluding carboxylic acids is 1. The molecule has 0 bridgehead atoms. The minimum Gasteiger partial charge on any atom is -0.481 e. The van der Waals surface area contributed by atoms with Crippen LogP contribution in [0.15, 0.2) is 4.42 Å². The Hall–Kier alpha value is -1.57. The minimum atomic E-state index is -0.768. The molecule has 0 spiro atoms. The molecule has 2 N–H and O–H groups in total. The average molecular weight is 311 g/mol. The number of anilines is 1. The molecule has 0 unspecified atom stereocenters. The number of carboxylic acids is 1. The van der Waals surface area contributed by atoms with Gasteiger partial charge in [0, 0.05) is 5.92 Å². The van der Waals surface area contributed by atoms with Crippen LogP contribution < -0.4 is 5.32 Å². The zero-order valence-corrected chi connectivity index (χ0v) is 12.3. The first-order valence-electron chi connectivity index (χ1n) is 6.99. The molecule has 1 aromatic heterocycles. The molecule has 3 rings (SSSR count). The predicted octanol–water partition coefficient (Wildman–Crippen LogP) is 1.87. The van der Waals surface area contributed by atoms with Gasteiger partial charge in [0.05, 0.1) is 12.2 Å². The van der Waals surface area contributed by atoms with Gasteiger partial charge < -0.3 is 9.52 Å². The van der Waals surface area contributed by atoms with E-state index in [1.54, 1.807) is 0 Å². The number of carbonyl (C=O) groups is 2. The van der Waals surface area contributed by atoms with Crippen LogP contribution in [-0.2, 0) is 9.59 Å². The number of aromatic nitrogens is 2. The lowest BCUT2D eigenvalue weighted by atomic mass is 10.1. The normalized spacial score (nSPS) is 19.2. The largest absolute Gasteiger partial charge is 0.481 e. The average Bonchev–Trinajstić information content (AvgIpc) is 3.32. The molecule has 8 heteroatoms. The lowest BCUT2D eigenvalue weighted by Gasteiger charge is -2.10. The number of hydrogen-bond donors (Lipinski definition) is 2. The molecule has 0 aromatic carbocycles. The Morgan fingerprint density at radius 1 is 1.38 bits per heavy atom.